The number of rotatable bonds is 5. The number of sulfonamides is 1. The number of hydrogen-bond acceptors (Lipinski definition) is 3. The Labute approximate surface area is 137 Å². The third-order valence-electron chi connectivity index (χ3n) is 3.53. The molecule has 116 valence electrons. The van der Waals surface area contributed by atoms with Gasteiger partial charge in [-0.05, 0) is 37.0 Å². The van der Waals surface area contributed by atoms with Crippen molar-refractivity contribution in [3.63, 3.8) is 0 Å². The van der Waals surface area contributed by atoms with Crippen molar-refractivity contribution in [2.75, 3.05) is 13.1 Å². The first kappa shape index (κ1) is 16.7. The second-order valence-electron chi connectivity index (χ2n) is 5.02. The lowest BCUT2D eigenvalue weighted by Crippen LogP contribution is -2.29. The second kappa shape index (κ2) is 6.64. The molecule has 1 atom stereocenters. The monoisotopic (exact) mass is 395 g/mol. The van der Waals surface area contributed by atoms with Crippen molar-refractivity contribution in [3.05, 3.63) is 27.7 Å². The van der Waals surface area contributed by atoms with Crippen LogP contribution in [0.15, 0.2) is 27.6 Å². The lowest BCUT2D eigenvalue weighted by molar-refractivity contribution is -0.137. The Kier molecular flexibility index (Phi) is 5.29. The van der Waals surface area contributed by atoms with E-state index in [-0.39, 0.29) is 22.3 Å². The first-order valence-corrected chi connectivity index (χ1v) is 9.09. The summed E-state index contributed by atoms with van der Waals surface area (Å²) in [4.78, 5) is 10.7. The van der Waals surface area contributed by atoms with Gasteiger partial charge < -0.3 is 5.11 Å². The molecule has 1 aliphatic rings. The highest BCUT2D eigenvalue weighted by atomic mass is 79.9. The van der Waals surface area contributed by atoms with Gasteiger partial charge in [-0.3, -0.25) is 4.79 Å². The van der Waals surface area contributed by atoms with Gasteiger partial charge >= 0.3 is 5.97 Å². The van der Waals surface area contributed by atoms with Crippen molar-refractivity contribution in [2.45, 2.75) is 24.2 Å². The maximum Gasteiger partial charge on any atom is 0.303 e. The van der Waals surface area contributed by atoms with Gasteiger partial charge in [0.15, 0.2) is 0 Å². The Hall–Kier alpha value is -0.630. The highest BCUT2D eigenvalue weighted by Crippen LogP contribution is 2.31. The van der Waals surface area contributed by atoms with Crippen LogP contribution in [0.3, 0.4) is 0 Å². The summed E-state index contributed by atoms with van der Waals surface area (Å²) in [6.07, 6.45) is 1.24. The van der Waals surface area contributed by atoms with Crippen LogP contribution in [0.1, 0.15) is 19.3 Å². The molecule has 5 nitrogen and oxygen atoms in total. The first-order chi connectivity index (χ1) is 9.80. The minimum absolute atomic E-state index is 0.0671. The molecule has 0 aromatic heterocycles. The second-order valence-corrected chi connectivity index (χ2v) is 8.25. The molecule has 1 aromatic carbocycles. The fourth-order valence-electron chi connectivity index (χ4n) is 2.40. The van der Waals surface area contributed by atoms with Crippen molar-refractivity contribution in [1.82, 2.24) is 4.31 Å². The van der Waals surface area contributed by atoms with Crippen molar-refractivity contribution in [1.29, 1.82) is 0 Å². The predicted octanol–water partition coefficient (Wildman–Crippen LogP) is 2.98. The lowest BCUT2D eigenvalue weighted by atomic mass is 10.0. The summed E-state index contributed by atoms with van der Waals surface area (Å²) < 4.78 is 27.2. The van der Waals surface area contributed by atoms with Crippen LogP contribution in [-0.4, -0.2) is 36.9 Å². The maximum atomic E-state index is 12.6. The number of carboxylic acids is 1. The van der Waals surface area contributed by atoms with E-state index in [9.17, 15) is 13.2 Å². The standard InChI is InChI=1S/C13H15BrClNO4S/c14-10-2-3-12(11(15)7-10)21(19,20)16-6-5-9(8-16)1-4-13(17)18/h2-3,7,9H,1,4-6,8H2,(H,17,18). The van der Waals surface area contributed by atoms with Gasteiger partial charge in [0.25, 0.3) is 0 Å². The molecule has 0 amide bonds. The molecule has 1 fully saturated rings. The van der Waals surface area contributed by atoms with Gasteiger partial charge in [-0.25, -0.2) is 8.42 Å². The van der Waals surface area contributed by atoms with E-state index in [1.165, 1.54) is 10.4 Å². The number of aliphatic carboxylic acids is 1. The summed E-state index contributed by atoms with van der Waals surface area (Å²) in [5.74, 6) is -0.766. The van der Waals surface area contributed by atoms with Gasteiger partial charge in [0.1, 0.15) is 4.90 Å². The highest BCUT2D eigenvalue weighted by molar-refractivity contribution is 9.10. The minimum Gasteiger partial charge on any atom is -0.481 e. The summed E-state index contributed by atoms with van der Waals surface area (Å²) in [5.41, 5.74) is 0. The number of halogens is 2. The third-order valence-corrected chi connectivity index (χ3v) is 6.37. The highest BCUT2D eigenvalue weighted by Gasteiger charge is 2.33. The number of benzene rings is 1. The fourth-order valence-corrected chi connectivity index (χ4v) is 4.94. The summed E-state index contributed by atoms with van der Waals surface area (Å²) in [7, 11) is -3.62. The van der Waals surface area contributed by atoms with E-state index in [0.29, 0.717) is 30.4 Å². The van der Waals surface area contributed by atoms with Gasteiger partial charge in [-0.1, -0.05) is 27.5 Å². The molecule has 1 aliphatic heterocycles. The van der Waals surface area contributed by atoms with Crippen molar-refractivity contribution < 1.29 is 18.3 Å². The minimum atomic E-state index is -3.62. The molecule has 1 saturated heterocycles. The van der Waals surface area contributed by atoms with Crippen LogP contribution in [0.2, 0.25) is 5.02 Å². The van der Waals surface area contributed by atoms with Crippen LogP contribution < -0.4 is 0 Å². The number of hydrogen-bond donors (Lipinski definition) is 1. The van der Waals surface area contributed by atoms with Crippen LogP contribution in [0.25, 0.3) is 0 Å². The molecule has 0 radical (unpaired) electrons. The molecule has 8 heteroatoms. The molecule has 2 rings (SSSR count). The molecule has 0 bridgehead atoms. The van der Waals surface area contributed by atoms with Gasteiger partial charge in [-0.15, -0.1) is 0 Å². The van der Waals surface area contributed by atoms with Crippen molar-refractivity contribution in [2.24, 2.45) is 5.92 Å². The van der Waals surface area contributed by atoms with E-state index in [2.05, 4.69) is 15.9 Å². The number of nitrogens with zero attached hydrogens (tertiary/aromatic N) is 1. The van der Waals surface area contributed by atoms with Gasteiger partial charge in [-0.2, -0.15) is 4.31 Å². The normalized spacial score (nSPS) is 19.8. The number of carboxylic acid groups (broad SMARTS) is 1. The van der Waals surface area contributed by atoms with Crippen LogP contribution in [0.4, 0.5) is 0 Å². The zero-order valence-corrected chi connectivity index (χ0v) is 14.3. The van der Waals surface area contributed by atoms with Gasteiger partial charge in [0, 0.05) is 24.0 Å². The van der Waals surface area contributed by atoms with Crippen molar-refractivity contribution in [3.8, 4) is 0 Å². The summed E-state index contributed by atoms with van der Waals surface area (Å²) in [5, 5.41) is 8.87. The summed E-state index contributed by atoms with van der Waals surface area (Å²) in [6, 6.07) is 4.66. The molecule has 1 unspecified atom stereocenters. The maximum absolute atomic E-state index is 12.6. The molecule has 0 aliphatic carbocycles. The molecular weight excluding hydrogens is 382 g/mol. The zero-order valence-electron chi connectivity index (χ0n) is 11.1. The van der Waals surface area contributed by atoms with E-state index >= 15 is 0 Å². The molecule has 0 saturated carbocycles. The average molecular weight is 397 g/mol. The quantitative estimate of drug-likeness (QED) is 0.830. The van der Waals surface area contributed by atoms with Crippen LogP contribution in [0, 0.1) is 5.92 Å². The van der Waals surface area contributed by atoms with E-state index in [1.54, 1.807) is 12.1 Å². The Balaban J connectivity index is 2.12. The Morgan fingerprint density at radius 1 is 1.48 bits per heavy atom. The van der Waals surface area contributed by atoms with Crippen LogP contribution in [-0.2, 0) is 14.8 Å². The lowest BCUT2D eigenvalue weighted by Gasteiger charge is -2.17. The van der Waals surface area contributed by atoms with E-state index < -0.39 is 16.0 Å². The van der Waals surface area contributed by atoms with E-state index in [4.69, 9.17) is 16.7 Å². The predicted molar refractivity (Wildman–Crippen MR) is 82.9 cm³/mol. The Morgan fingerprint density at radius 3 is 2.81 bits per heavy atom. The SMILES string of the molecule is O=C(O)CCC1CCN(S(=O)(=O)c2ccc(Br)cc2Cl)C1. The van der Waals surface area contributed by atoms with Gasteiger partial charge in [0.2, 0.25) is 10.0 Å². The summed E-state index contributed by atoms with van der Waals surface area (Å²) >= 11 is 9.26. The van der Waals surface area contributed by atoms with E-state index in [0.717, 1.165) is 0 Å². The number of carbonyl (C=O) groups is 1. The van der Waals surface area contributed by atoms with Crippen molar-refractivity contribution >= 4 is 43.5 Å². The molecule has 1 aromatic rings. The van der Waals surface area contributed by atoms with E-state index in [1.807, 2.05) is 0 Å². The Bertz CT molecular complexity index is 650. The molecular formula is C13H15BrClNO4S. The largest absolute Gasteiger partial charge is 0.481 e. The first-order valence-electron chi connectivity index (χ1n) is 6.47. The topological polar surface area (TPSA) is 74.7 Å². The zero-order chi connectivity index (χ0) is 15.6. The average Bonchev–Trinajstić information content (AvgIpc) is 2.85. The third kappa shape index (κ3) is 3.97. The smallest absolute Gasteiger partial charge is 0.303 e. The summed E-state index contributed by atoms with van der Waals surface area (Å²) in [6.45, 7) is 0.751. The molecule has 1 heterocycles. The molecule has 21 heavy (non-hydrogen) atoms. The molecule has 1 N–H and O–H groups in total. The fraction of sp³-hybridized carbons (Fsp3) is 0.462. The van der Waals surface area contributed by atoms with Crippen LogP contribution >= 0.6 is 27.5 Å². The van der Waals surface area contributed by atoms with Crippen LogP contribution in [0.5, 0.6) is 0 Å². The Morgan fingerprint density at radius 2 is 2.19 bits per heavy atom. The molecule has 0 spiro atoms. The van der Waals surface area contributed by atoms with Gasteiger partial charge in [0.05, 0.1) is 5.02 Å².